The zero-order valence-electron chi connectivity index (χ0n) is 16.0. The number of esters is 1. The summed E-state index contributed by atoms with van der Waals surface area (Å²) < 4.78 is 12.8. The lowest BCUT2D eigenvalue weighted by atomic mass is 10.1. The lowest BCUT2D eigenvalue weighted by molar-refractivity contribution is 0.0468. The maximum absolute atomic E-state index is 12.5. The topological polar surface area (TPSA) is 79.5 Å². The Morgan fingerprint density at radius 1 is 1.07 bits per heavy atom. The molecule has 2 heterocycles. The molecule has 0 unspecified atom stereocenters. The average molecular weight is 400 g/mol. The molecule has 0 aliphatic carbocycles. The second-order valence-electron chi connectivity index (χ2n) is 6.26. The van der Waals surface area contributed by atoms with Gasteiger partial charge in [0.1, 0.15) is 17.2 Å². The monoisotopic (exact) mass is 400 g/mol. The maximum atomic E-state index is 12.5. The summed E-state index contributed by atoms with van der Waals surface area (Å²) in [6, 6.07) is 10.7. The molecule has 0 amide bonds. The van der Waals surface area contributed by atoms with Crippen molar-refractivity contribution in [1.29, 1.82) is 0 Å². The van der Waals surface area contributed by atoms with Gasteiger partial charge in [-0.2, -0.15) is 0 Å². The fraction of sp³-hybridized carbons (Fsp3) is 0.250. The van der Waals surface area contributed by atoms with Gasteiger partial charge in [0.2, 0.25) is 0 Å². The minimum absolute atomic E-state index is 0.157. The third-order valence-corrected chi connectivity index (χ3v) is 5.53. The van der Waals surface area contributed by atoms with Crippen molar-refractivity contribution in [2.24, 2.45) is 14.1 Å². The highest BCUT2D eigenvalue weighted by Crippen LogP contribution is 2.32. The molecule has 0 radical (unpaired) electrons. The standard InChI is InChI=1S/C20H20N2O5S/c1-12-16(13-5-7-15(26-4)8-6-13)10-17(28-12)19(24)27-11-14-9-18(23)22(3)20(25)21(14)2/h5-10H,11H2,1-4H3. The van der Waals surface area contributed by atoms with Crippen LogP contribution in [0.1, 0.15) is 20.2 Å². The molecule has 0 saturated heterocycles. The number of thiophene rings is 1. The van der Waals surface area contributed by atoms with Crippen LogP contribution in [0.4, 0.5) is 0 Å². The molecule has 3 aromatic rings. The number of aromatic nitrogens is 2. The van der Waals surface area contributed by atoms with E-state index in [2.05, 4.69) is 0 Å². The van der Waals surface area contributed by atoms with Crippen molar-refractivity contribution in [3.05, 3.63) is 72.7 Å². The Labute approximate surface area is 165 Å². The summed E-state index contributed by atoms with van der Waals surface area (Å²) in [5.74, 6) is 0.261. The first-order valence-corrected chi connectivity index (χ1v) is 9.31. The molecule has 1 aromatic carbocycles. The first-order valence-electron chi connectivity index (χ1n) is 8.49. The van der Waals surface area contributed by atoms with E-state index in [9.17, 15) is 14.4 Å². The van der Waals surface area contributed by atoms with Crippen molar-refractivity contribution in [2.75, 3.05) is 7.11 Å². The highest BCUT2D eigenvalue weighted by atomic mass is 32.1. The zero-order valence-corrected chi connectivity index (χ0v) is 16.8. The van der Waals surface area contributed by atoms with Gasteiger partial charge in [-0.05, 0) is 36.2 Å². The van der Waals surface area contributed by atoms with Crippen molar-refractivity contribution in [2.45, 2.75) is 13.5 Å². The van der Waals surface area contributed by atoms with Gasteiger partial charge in [-0.1, -0.05) is 12.1 Å². The van der Waals surface area contributed by atoms with Crippen LogP contribution in [0, 0.1) is 6.92 Å². The van der Waals surface area contributed by atoms with Crippen LogP contribution in [0.15, 0.2) is 46.0 Å². The van der Waals surface area contributed by atoms with Crippen LogP contribution in [0.5, 0.6) is 5.75 Å². The van der Waals surface area contributed by atoms with E-state index >= 15 is 0 Å². The smallest absolute Gasteiger partial charge is 0.348 e. The number of rotatable bonds is 5. The summed E-state index contributed by atoms with van der Waals surface area (Å²) in [5.41, 5.74) is 1.35. The molecule has 0 N–H and O–H groups in total. The number of carbonyl (C=O) groups excluding carboxylic acids is 1. The summed E-state index contributed by atoms with van der Waals surface area (Å²) in [4.78, 5) is 37.6. The van der Waals surface area contributed by atoms with E-state index < -0.39 is 17.2 Å². The molecular weight excluding hydrogens is 380 g/mol. The largest absolute Gasteiger partial charge is 0.497 e. The number of aryl methyl sites for hydroxylation is 1. The highest BCUT2D eigenvalue weighted by Gasteiger charge is 2.16. The van der Waals surface area contributed by atoms with Crippen LogP contribution in [-0.4, -0.2) is 22.2 Å². The average Bonchev–Trinajstić information content (AvgIpc) is 3.09. The molecule has 0 atom stereocenters. The Hall–Kier alpha value is -3.13. The molecule has 0 aliphatic heterocycles. The SMILES string of the molecule is COc1ccc(-c2cc(C(=O)OCc3cc(=O)n(C)c(=O)n3C)sc2C)cc1. The van der Waals surface area contributed by atoms with Crippen LogP contribution < -0.4 is 16.0 Å². The fourth-order valence-corrected chi connectivity index (χ4v) is 3.70. The molecule has 0 bridgehead atoms. The van der Waals surface area contributed by atoms with E-state index in [0.29, 0.717) is 10.6 Å². The van der Waals surface area contributed by atoms with Crippen LogP contribution in [0.2, 0.25) is 0 Å². The van der Waals surface area contributed by atoms with Crippen molar-refractivity contribution < 1.29 is 14.3 Å². The van der Waals surface area contributed by atoms with E-state index in [1.54, 1.807) is 13.2 Å². The maximum Gasteiger partial charge on any atom is 0.348 e. The Kier molecular flexibility index (Phi) is 5.51. The lowest BCUT2D eigenvalue weighted by Gasteiger charge is -2.09. The van der Waals surface area contributed by atoms with E-state index in [1.807, 2.05) is 31.2 Å². The predicted octanol–water partition coefficient (Wildman–Crippen LogP) is 2.49. The third-order valence-electron chi connectivity index (χ3n) is 4.50. The van der Waals surface area contributed by atoms with Crippen LogP contribution in [-0.2, 0) is 25.4 Å². The number of carbonyl (C=O) groups is 1. The first kappa shape index (κ1) is 19.6. The van der Waals surface area contributed by atoms with Crippen molar-refractivity contribution >= 4 is 17.3 Å². The molecule has 0 spiro atoms. The minimum Gasteiger partial charge on any atom is -0.497 e. The number of hydrogen-bond donors (Lipinski definition) is 0. The summed E-state index contributed by atoms with van der Waals surface area (Å²) in [6.45, 7) is 1.78. The number of methoxy groups -OCH3 is 1. The normalized spacial score (nSPS) is 10.7. The lowest BCUT2D eigenvalue weighted by Crippen LogP contribution is -2.38. The Balaban J connectivity index is 1.79. The van der Waals surface area contributed by atoms with Crippen molar-refractivity contribution in [3.8, 4) is 16.9 Å². The van der Waals surface area contributed by atoms with Gasteiger partial charge in [0.05, 0.1) is 12.8 Å². The zero-order chi connectivity index (χ0) is 20.4. The minimum atomic E-state index is -0.499. The van der Waals surface area contributed by atoms with Gasteiger partial charge in [-0.3, -0.25) is 13.9 Å². The van der Waals surface area contributed by atoms with Gasteiger partial charge in [0.15, 0.2) is 0 Å². The summed E-state index contributed by atoms with van der Waals surface area (Å²) in [6.07, 6.45) is 0. The summed E-state index contributed by atoms with van der Waals surface area (Å²) in [5, 5.41) is 0. The quantitative estimate of drug-likeness (QED) is 0.615. The molecular formula is C20H20N2O5S. The molecule has 8 heteroatoms. The second kappa shape index (κ2) is 7.85. The van der Waals surface area contributed by atoms with E-state index in [4.69, 9.17) is 9.47 Å². The van der Waals surface area contributed by atoms with Gasteiger partial charge in [0, 0.05) is 25.0 Å². The molecule has 28 heavy (non-hydrogen) atoms. The molecule has 3 rings (SSSR count). The Bertz CT molecular complexity index is 1140. The number of benzene rings is 1. The van der Waals surface area contributed by atoms with Crippen LogP contribution in [0.25, 0.3) is 11.1 Å². The number of hydrogen-bond acceptors (Lipinski definition) is 6. The molecule has 0 saturated carbocycles. The van der Waals surface area contributed by atoms with E-state index in [-0.39, 0.29) is 6.61 Å². The highest BCUT2D eigenvalue weighted by molar-refractivity contribution is 7.14. The Morgan fingerprint density at radius 2 is 1.75 bits per heavy atom. The van der Waals surface area contributed by atoms with Gasteiger partial charge in [-0.25, -0.2) is 9.59 Å². The van der Waals surface area contributed by atoms with E-state index in [1.165, 1.54) is 36.1 Å². The molecule has 0 aliphatic rings. The predicted molar refractivity (Wildman–Crippen MR) is 107 cm³/mol. The second-order valence-corrected chi connectivity index (χ2v) is 7.52. The molecule has 2 aromatic heterocycles. The van der Waals surface area contributed by atoms with Gasteiger partial charge in [-0.15, -0.1) is 11.3 Å². The molecule has 7 nitrogen and oxygen atoms in total. The van der Waals surface area contributed by atoms with Gasteiger partial charge in [0.25, 0.3) is 5.56 Å². The molecule has 146 valence electrons. The van der Waals surface area contributed by atoms with E-state index in [0.717, 1.165) is 26.3 Å². The summed E-state index contributed by atoms with van der Waals surface area (Å²) >= 11 is 1.34. The first-order chi connectivity index (χ1) is 13.3. The van der Waals surface area contributed by atoms with Crippen molar-refractivity contribution in [3.63, 3.8) is 0 Å². The van der Waals surface area contributed by atoms with Crippen molar-refractivity contribution in [1.82, 2.24) is 9.13 Å². The number of ether oxygens (including phenoxy) is 2. The fourth-order valence-electron chi connectivity index (χ4n) is 2.77. The number of nitrogens with zero attached hydrogens (tertiary/aromatic N) is 2. The van der Waals surface area contributed by atoms with Gasteiger partial charge >= 0.3 is 11.7 Å². The van der Waals surface area contributed by atoms with Crippen LogP contribution in [0.3, 0.4) is 0 Å². The summed E-state index contributed by atoms with van der Waals surface area (Å²) in [7, 11) is 4.54. The van der Waals surface area contributed by atoms with Gasteiger partial charge < -0.3 is 9.47 Å². The Morgan fingerprint density at radius 3 is 2.39 bits per heavy atom. The van der Waals surface area contributed by atoms with Crippen LogP contribution >= 0.6 is 11.3 Å². The molecule has 0 fully saturated rings. The third kappa shape index (κ3) is 3.77.